The number of nitrogen functional groups attached to an aromatic ring is 1. The van der Waals surface area contributed by atoms with Crippen molar-refractivity contribution in [3.63, 3.8) is 0 Å². The number of anilines is 1. The number of aromatic carboxylic acids is 1. The minimum Gasteiger partial charge on any atom is -0.478 e. The largest absolute Gasteiger partial charge is 0.478 e. The Hall–Kier alpha value is -2.77. The van der Waals surface area contributed by atoms with Crippen molar-refractivity contribution in [2.75, 3.05) is 12.4 Å². The van der Waals surface area contributed by atoms with Crippen LogP contribution in [-0.2, 0) is 5.41 Å². The van der Waals surface area contributed by atoms with E-state index < -0.39 is 5.97 Å². The summed E-state index contributed by atoms with van der Waals surface area (Å²) in [7, 11) is 0. The highest BCUT2D eigenvalue weighted by atomic mass is 16.4. The maximum absolute atomic E-state index is 11.5. The highest BCUT2D eigenvalue weighted by molar-refractivity contribution is 5.97. The van der Waals surface area contributed by atoms with E-state index in [1.54, 1.807) is 6.07 Å². The molecule has 0 fully saturated rings. The summed E-state index contributed by atoms with van der Waals surface area (Å²) in [5, 5.41) is 18.1. The lowest BCUT2D eigenvalue weighted by molar-refractivity contribution is 0.0696. The average molecular weight is 301 g/mol. The SMILES string of the molecule is CC(C)(C)c1nnc(-c2cc3c(c(C(=O)O)c2N)=NCN=3)o1. The van der Waals surface area contributed by atoms with Crippen LogP contribution in [0.4, 0.5) is 5.69 Å². The zero-order chi connectivity index (χ0) is 16.1. The Morgan fingerprint density at radius 1 is 1.32 bits per heavy atom. The van der Waals surface area contributed by atoms with Crippen LogP contribution < -0.4 is 16.4 Å². The lowest BCUT2D eigenvalue weighted by Gasteiger charge is -2.11. The van der Waals surface area contributed by atoms with Crippen LogP contribution in [0.1, 0.15) is 37.0 Å². The first-order valence-corrected chi connectivity index (χ1v) is 6.68. The Labute approximate surface area is 125 Å². The number of nitrogens with zero attached hydrogens (tertiary/aromatic N) is 4. The Morgan fingerprint density at radius 3 is 2.64 bits per heavy atom. The molecule has 114 valence electrons. The van der Waals surface area contributed by atoms with Crippen molar-refractivity contribution >= 4 is 11.7 Å². The molecule has 8 nitrogen and oxygen atoms in total. The first-order chi connectivity index (χ1) is 10.3. The third-order valence-corrected chi connectivity index (χ3v) is 3.30. The van der Waals surface area contributed by atoms with E-state index in [1.807, 2.05) is 20.8 Å². The molecule has 0 saturated carbocycles. The molecule has 1 aliphatic rings. The molecule has 3 rings (SSSR count). The van der Waals surface area contributed by atoms with Gasteiger partial charge in [-0.05, 0) is 6.07 Å². The van der Waals surface area contributed by atoms with Gasteiger partial charge in [-0.25, -0.2) is 4.79 Å². The number of carboxylic acid groups (broad SMARTS) is 1. The van der Waals surface area contributed by atoms with E-state index in [1.165, 1.54) is 0 Å². The summed E-state index contributed by atoms with van der Waals surface area (Å²) in [6.45, 7) is 6.00. The molecule has 0 bridgehead atoms. The molecule has 0 atom stereocenters. The van der Waals surface area contributed by atoms with Gasteiger partial charge in [0.25, 0.3) is 0 Å². The quantitative estimate of drug-likeness (QED) is 0.779. The predicted molar refractivity (Wildman–Crippen MR) is 77.0 cm³/mol. The lowest BCUT2D eigenvalue weighted by atomic mass is 9.97. The fraction of sp³-hybridized carbons (Fsp3) is 0.357. The summed E-state index contributed by atoms with van der Waals surface area (Å²) in [4.78, 5) is 19.7. The number of aromatic nitrogens is 2. The minimum atomic E-state index is -1.16. The molecule has 0 radical (unpaired) electrons. The van der Waals surface area contributed by atoms with E-state index in [2.05, 4.69) is 20.2 Å². The highest BCUT2D eigenvalue weighted by Gasteiger charge is 2.25. The molecule has 0 saturated heterocycles. The van der Waals surface area contributed by atoms with E-state index in [-0.39, 0.29) is 29.2 Å². The molecule has 0 spiro atoms. The van der Waals surface area contributed by atoms with Crippen molar-refractivity contribution in [1.29, 1.82) is 0 Å². The number of fused-ring (bicyclic) bond motifs is 1. The monoisotopic (exact) mass is 301 g/mol. The van der Waals surface area contributed by atoms with Crippen LogP contribution in [0.5, 0.6) is 0 Å². The van der Waals surface area contributed by atoms with Crippen LogP contribution >= 0.6 is 0 Å². The van der Waals surface area contributed by atoms with Gasteiger partial charge < -0.3 is 15.3 Å². The Morgan fingerprint density at radius 2 is 2.05 bits per heavy atom. The van der Waals surface area contributed by atoms with E-state index >= 15 is 0 Å². The van der Waals surface area contributed by atoms with Crippen molar-refractivity contribution in [2.45, 2.75) is 26.2 Å². The highest BCUT2D eigenvalue weighted by Crippen LogP contribution is 2.28. The molecule has 1 aliphatic heterocycles. The molecular formula is C14H15N5O3. The second-order valence-electron chi connectivity index (χ2n) is 6.01. The van der Waals surface area contributed by atoms with Crippen LogP contribution in [0.25, 0.3) is 11.5 Å². The van der Waals surface area contributed by atoms with Crippen LogP contribution in [-0.4, -0.2) is 27.9 Å². The smallest absolute Gasteiger partial charge is 0.340 e. The second-order valence-corrected chi connectivity index (χ2v) is 6.01. The summed E-state index contributed by atoms with van der Waals surface area (Å²) in [6.07, 6.45) is 0. The van der Waals surface area contributed by atoms with Gasteiger partial charge in [-0.3, -0.25) is 9.98 Å². The summed E-state index contributed by atoms with van der Waals surface area (Å²) in [5.74, 6) is -0.539. The maximum Gasteiger partial charge on any atom is 0.340 e. The predicted octanol–water partition coefficient (Wildman–Crippen LogP) is 0.525. The van der Waals surface area contributed by atoms with E-state index in [0.29, 0.717) is 22.2 Å². The van der Waals surface area contributed by atoms with Crippen LogP contribution in [0.3, 0.4) is 0 Å². The molecule has 3 N–H and O–H groups in total. The average Bonchev–Trinajstić information content (AvgIpc) is 3.04. The molecule has 22 heavy (non-hydrogen) atoms. The van der Waals surface area contributed by atoms with Gasteiger partial charge in [-0.15, -0.1) is 10.2 Å². The zero-order valence-corrected chi connectivity index (χ0v) is 12.4. The molecule has 0 amide bonds. The third kappa shape index (κ3) is 2.12. The van der Waals surface area contributed by atoms with Gasteiger partial charge in [0.15, 0.2) is 0 Å². The van der Waals surface area contributed by atoms with Crippen molar-refractivity contribution in [3.8, 4) is 11.5 Å². The molecule has 0 unspecified atom stereocenters. The van der Waals surface area contributed by atoms with Crippen LogP contribution in [0, 0.1) is 0 Å². The molecule has 8 heteroatoms. The summed E-state index contributed by atoms with van der Waals surface area (Å²) in [6, 6.07) is 1.63. The number of rotatable bonds is 2. The van der Waals surface area contributed by atoms with Crippen LogP contribution in [0.15, 0.2) is 20.5 Å². The molecule has 1 aromatic heterocycles. The van der Waals surface area contributed by atoms with Gasteiger partial charge in [0.2, 0.25) is 11.8 Å². The zero-order valence-electron chi connectivity index (χ0n) is 12.4. The number of hydrogen-bond donors (Lipinski definition) is 2. The van der Waals surface area contributed by atoms with Gasteiger partial charge in [-0.2, -0.15) is 0 Å². The van der Waals surface area contributed by atoms with E-state index in [4.69, 9.17) is 10.2 Å². The van der Waals surface area contributed by atoms with Gasteiger partial charge in [0.1, 0.15) is 17.6 Å². The molecule has 0 aliphatic carbocycles. The van der Waals surface area contributed by atoms with Crippen molar-refractivity contribution in [2.24, 2.45) is 9.98 Å². The summed E-state index contributed by atoms with van der Waals surface area (Å²) < 4.78 is 5.64. The van der Waals surface area contributed by atoms with E-state index in [0.717, 1.165) is 0 Å². The number of benzene rings is 1. The second kappa shape index (κ2) is 4.62. The van der Waals surface area contributed by atoms with Gasteiger partial charge in [0.05, 0.1) is 16.6 Å². The number of carbonyl (C=O) groups is 1. The fourth-order valence-electron chi connectivity index (χ4n) is 2.16. The molecular weight excluding hydrogens is 286 g/mol. The standard InChI is InChI=1S/C14H15N5O3/c1-14(2,3)13-19-18-11(22-13)6-4-7-10(17-5-16-7)8(9(6)15)12(20)21/h4H,5,15H2,1-3H3,(H,20,21). The molecule has 2 aromatic rings. The normalized spacial score (nSPS) is 13.4. The van der Waals surface area contributed by atoms with Gasteiger partial charge in [-0.1, -0.05) is 20.8 Å². The first kappa shape index (κ1) is 14.2. The van der Waals surface area contributed by atoms with Crippen molar-refractivity contribution < 1.29 is 14.3 Å². The Kier molecular flexibility index (Phi) is 2.98. The molecule has 2 heterocycles. The topological polar surface area (TPSA) is 127 Å². The van der Waals surface area contributed by atoms with Gasteiger partial charge >= 0.3 is 5.97 Å². The van der Waals surface area contributed by atoms with Crippen LogP contribution in [0.2, 0.25) is 0 Å². The number of carboxylic acids is 1. The minimum absolute atomic E-state index is 0.0520. The summed E-state index contributed by atoms with van der Waals surface area (Å²) in [5.41, 5.74) is 6.02. The number of nitrogens with two attached hydrogens (primary N) is 1. The number of hydrogen-bond acceptors (Lipinski definition) is 7. The maximum atomic E-state index is 11.5. The molecule has 1 aromatic carbocycles. The third-order valence-electron chi connectivity index (χ3n) is 3.30. The van der Waals surface area contributed by atoms with Crippen molar-refractivity contribution in [3.05, 3.63) is 28.2 Å². The van der Waals surface area contributed by atoms with E-state index in [9.17, 15) is 9.90 Å². The Bertz CT molecular complexity index is 892. The Balaban J connectivity index is 2.26. The fourth-order valence-corrected chi connectivity index (χ4v) is 2.16. The lowest BCUT2D eigenvalue weighted by Crippen LogP contribution is -2.31. The summed E-state index contributed by atoms with van der Waals surface area (Å²) >= 11 is 0. The first-order valence-electron chi connectivity index (χ1n) is 6.68. The van der Waals surface area contributed by atoms with Crippen molar-refractivity contribution in [1.82, 2.24) is 10.2 Å². The van der Waals surface area contributed by atoms with Gasteiger partial charge in [0, 0.05) is 5.41 Å².